The molecule has 1 aromatic rings. The molecule has 0 heterocycles. The highest BCUT2D eigenvalue weighted by atomic mass is 17.0. The zero-order valence-corrected chi connectivity index (χ0v) is 8.52. The number of hydrogen-bond donors (Lipinski definition) is 2. The van der Waals surface area contributed by atoms with Crippen molar-refractivity contribution >= 4 is 17.9 Å². The Balaban J connectivity index is 3.27. The summed E-state index contributed by atoms with van der Waals surface area (Å²) in [7, 11) is 0. The lowest BCUT2D eigenvalue weighted by Gasteiger charge is -2.03. The summed E-state index contributed by atoms with van der Waals surface area (Å²) in [6.45, 7) is 0. The molecule has 0 saturated heterocycles. The molecule has 0 aliphatic carbocycles. The van der Waals surface area contributed by atoms with Crippen LogP contribution in [-0.4, -0.2) is 33.2 Å². The van der Waals surface area contributed by atoms with Gasteiger partial charge in [0.15, 0.2) is 0 Å². The normalized spacial score (nSPS) is 9.56. The monoisotopic (exact) mass is 255 g/mol. The van der Waals surface area contributed by atoms with Gasteiger partial charge in [0.25, 0.3) is 0 Å². The third-order valence-electron chi connectivity index (χ3n) is 1.82. The van der Waals surface area contributed by atoms with Crippen LogP contribution in [0.5, 0.6) is 0 Å². The lowest BCUT2D eigenvalue weighted by atomic mass is 10.1. The summed E-state index contributed by atoms with van der Waals surface area (Å²) in [5.74, 6) is -4.41. The lowest BCUT2D eigenvalue weighted by Crippen LogP contribution is -2.13. The average Bonchev–Trinajstić information content (AvgIpc) is 2.27. The number of nitrogens with zero attached hydrogens (tertiary/aromatic N) is 1. The Hall–Kier alpha value is -2.97. The van der Waals surface area contributed by atoms with Crippen LogP contribution in [0.25, 0.3) is 0 Å². The van der Waals surface area contributed by atoms with Gasteiger partial charge in [-0.3, -0.25) is 4.79 Å². The zero-order chi connectivity index (χ0) is 13.9. The highest BCUT2D eigenvalue weighted by Crippen LogP contribution is 2.12. The van der Waals surface area contributed by atoms with Gasteiger partial charge in [0.05, 0.1) is 11.1 Å². The molecule has 0 bridgehead atoms. The molecule has 18 heavy (non-hydrogen) atoms. The van der Waals surface area contributed by atoms with Crippen LogP contribution in [0, 0.1) is 10.1 Å². The van der Waals surface area contributed by atoms with E-state index in [0.717, 1.165) is 18.2 Å². The molecule has 9 nitrogen and oxygen atoms in total. The van der Waals surface area contributed by atoms with Gasteiger partial charge >= 0.3 is 23.0 Å². The maximum Gasteiger partial charge on any atom is 0.335 e. The van der Waals surface area contributed by atoms with E-state index in [9.17, 15) is 24.5 Å². The molecular formula is C9H5NO8. The molecule has 1 rings (SSSR count). The molecular weight excluding hydrogens is 250 g/mol. The minimum Gasteiger partial charge on any atom is -0.478 e. The van der Waals surface area contributed by atoms with Crippen molar-refractivity contribution in [2.45, 2.75) is 0 Å². The Morgan fingerprint density at radius 3 is 1.72 bits per heavy atom. The molecule has 9 heteroatoms. The van der Waals surface area contributed by atoms with Crippen LogP contribution in [0.2, 0.25) is 0 Å². The highest BCUT2D eigenvalue weighted by Gasteiger charge is 2.17. The molecule has 1 aromatic carbocycles. The van der Waals surface area contributed by atoms with Crippen molar-refractivity contribution in [1.29, 1.82) is 0 Å². The molecule has 0 spiro atoms. The van der Waals surface area contributed by atoms with Crippen molar-refractivity contribution in [3.63, 3.8) is 0 Å². The third-order valence-corrected chi connectivity index (χ3v) is 1.82. The molecule has 0 aliphatic rings. The number of hydrogen-bond acceptors (Lipinski definition) is 6. The Kier molecular flexibility index (Phi) is 3.57. The second-order valence-corrected chi connectivity index (χ2v) is 3.01. The molecule has 0 aromatic heterocycles. The maximum atomic E-state index is 11.2. The van der Waals surface area contributed by atoms with Crippen LogP contribution in [0.1, 0.15) is 31.1 Å². The van der Waals surface area contributed by atoms with Crippen molar-refractivity contribution in [3.05, 3.63) is 45.0 Å². The Morgan fingerprint density at radius 1 is 1.00 bits per heavy atom. The quantitative estimate of drug-likeness (QED) is 0.582. The number of carbonyl (C=O) groups excluding carboxylic acids is 1. The van der Waals surface area contributed by atoms with Gasteiger partial charge in [-0.05, 0) is 18.2 Å². The fourth-order valence-corrected chi connectivity index (χ4v) is 1.11. The smallest absolute Gasteiger partial charge is 0.335 e. The number of carbonyl (C=O) groups is 3. The molecule has 0 saturated carbocycles. The lowest BCUT2D eigenvalue weighted by molar-refractivity contribution is -0.727. The largest absolute Gasteiger partial charge is 0.478 e. The first-order chi connectivity index (χ1) is 8.31. The topological polar surface area (TPSA) is 144 Å². The minimum absolute atomic E-state index is 0.495. The van der Waals surface area contributed by atoms with E-state index in [1.165, 1.54) is 0 Å². The van der Waals surface area contributed by atoms with Crippen LogP contribution in [0.15, 0.2) is 18.2 Å². The van der Waals surface area contributed by atoms with Crippen molar-refractivity contribution in [3.8, 4) is 0 Å². The van der Waals surface area contributed by atoms with Crippen molar-refractivity contribution < 1.29 is 34.5 Å². The number of carboxylic acid groups (broad SMARTS) is 2. The highest BCUT2D eigenvalue weighted by molar-refractivity contribution is 5.99. The number of rotatable bonds is 4. The number of benzene rings is 1. The molecule has 0 unspecified atom stereocenters. The molecule has 0 amide bonds. The summed E-state index contributed by atoms with van der Waals surface area (Å²) in [6, 6.07) is 2.37. The number of carboxylic acids is 2. The number of aromatic carboxylic acids is 2. The van der Waals surface area contributed by atoms with Gasteiger partial charge in [0, 0.05) is 5.56 Å². The summed E-state index contributed by atoms with van der Waals surface area (Å²) < 4.78 is 0. The summed E-state index contributed by atoms with van der Waals surface area (Å²) in [6.07, 6.45) is 0. The van der Waals surface area contributed by atoms with E-state index in [2.05, 4.69) is 4.84 Å². The second kappa shape index (κ2) is 4.91. The van der Waals surface area contributed by atoms with Gasteiger partial charge in [-0.2, -0.15) is 0 Å². The Labute approximate surface area is 98.3 Å². The zero-order valence-electron chi connectivity index (χ0n) is 8.52. The molecule has 0 aliphatic heterocycles. The Bertz CT molecular complexity index is 517. The van der Waals surface area contributed by atoms with Gasteiger partial charge in [0.1, 0.15) is 0 Å². The van der Waals surface area contributed by atoms with E-state index >= 15 is 0 Å². The fourth-order valence-electron chi connectivity index (χ4n) is 1.11. The van der Waals surface area contributed by atoms with E-state index in [0.29, 0.717) is 0 Å². The van der Waals surface area contributed by atoms with Crippen LogP contribution < -0.4 is 0 Å². The van der Waals surface area contributed by atoms with E-state index in [4.69, 9.17) is 10.2 Å². The van der Waals surface area contributed by atoms with Crippen molar-refractivity contribution in [2.75, 3.05) is 0 Å². The molecule has 94 valence electrons. The standard InChI is InChI=1S/C9H5NO8/c11-7(12)4-1-5(8(13)14)3-6(2-4)9(15)18-10(16)17/h1-3H,(H,11,12)(H,13,14). The van der Waals surface area contributed by atoms with Gasteiger partial charge in [0.2, 0.25) is 0 Å². The first-order valence-electron chi connectivity index (χ1n) is 4.29. The van der Waals surface area contributed by atoms with E-state index < -0.39 is 39.7 Å². The summed E-state index contributed by atoms with van der Waals surface area (Å²) in [4.78, 5) is 46.1. The van der Waals surface area contributed by atoms with Crippen molar-refractivity contribution in [2.24, 2.45) is 0 Å². The molecule has 2 N–H and O–H groups in total. The average molecular weight is 255 g/mol. The van der Waals surface area contributed by atoms with Crippen molar-refractivity contribution in [1.82, 2.24) is 0 Å². The molecule has 0 radical (unpaired) electrons. The van der Waals surface area contributed by atoms with Gasteiger partial charge in [-0.25, -0.2) is 14.4 Å². The SMILES string of the molecule is O=C(O)c1cc(C(=O)O)cc(C(=O)O[N+](=O)[O-])c1. The van der Waals surface area contributed by atoms with Crippen LogP contribution >= 0.6 is 0 Å². The predicted octanol–water partition coefficient (Wildman–Crippen LogP) is 0.431. The second-order valence-electron chi connectivity index (χ2n) is 3.01. The fraction of sp³-hybridized carbons (Fsp3) is 0. The predicted molar refractivity (Wildman–Crippen MR) is 52.8 cm³/mol. The van der Waals surface area contributed by atoms with Crippen LogP contribution in [0.3, 0.4) is 0 Å². The molecule has 0 fully saturated rings. The summed E-state index contributed by atoms with van der Waals surface area (Å²) in [5, 5.41) is 26.0. The van der Waals surface area contributed by atoms with Gasteiger partial charge in [-0.15, -0.1) is 10.1 Å². The Morgan fingerprint density at radius 2 is 1.39 bits per heavy atom. The first kappa shape index (κ1) is 13.1. The van der Waals surface area contributed by atoms with E-state index in [1.54, 1.807) is 0 Å². The van der Waals surface area contributed by atoms with Crippen LogP contribution in [-0.2, 0) is 4.84 Å². The van der Waals surface area contributed by atoms with Gasteiger partial charge in [-0.1, -0.05) is 0 Å². The van der Waals surface area contributed by atoms with E-state index in [1.807, 2.05) is 0 Å². The summed E-state index contributed by atoms with van der Waals surface area (Å²) >= 11 is 0. The van der Waals surface area contributed by atoms with Crippen LogP contribution in [0.4, 0.5) is 0 Å². The minimum atomic E-state index is -1.48. The maximum absolute atomic E-state index is 11.2. The van der Waals surface area contributed by atoms with E-state index in [-0.39, 0.29) is 0 Å². The third kappa shape index (κ3) is 3.01. The van der Waals surface area contributed by atoms with Gasteiger partial charge < -0.3 is 10.2 Å². The first-order valence-corrected chi connectivity index (χ1v) is 4.29. The molecule has 0 atom stereocenters. The summed E-state index contributed by atoms with van der Waals surface area (Å²) in [5.41, 5.74) is -1.53.